The minimum Gasteiger partial charge on any atom is -0.396 e. The first-order chi connectivity index (χ1) is 9.65. The van der Waals surface area contributed by atoms with E-state index >= 15 is 0 Å². The highest BCUT2D eigenvalue weighted by Gasteiger charge is 2.27. The summed E-state index contributed by atoms with van der Waals surface area (Å²) in [4.78, 5) is 9.00. The van der Waals surface area contributed by atoms with E-state index in [1.54, 1.807) is 0 Å². The molecule has 5 nitrogen and oxygen atoms in total. The number of aliphatic hydroxyl groups is 1. The zero-order valence-corrected chi connectivity index (χ0v) is 12.5. The van der Waals surface area contributed by atoms with Crippen LogP contribution in [0.1, 0.15) is 56.3 Å². The molecule has 1 heterocycles. The van der Waals surface area contributed by atoms with Crippen molar-refractivity contribution in [2.45, 2.75) is 51.9 Å². The molecule has 5 heteroatoms. The molecule has 1 unspecified atom stereocenters. The van der Waals surface area contributed by atoms with Crippen LogP contribution in [-0.4, -0.2) is 28.2 Å². The van der Waals surface area contributed by atoms with Crippen LogP contribution < -0.4 is 11.1 Å². The Morgan fingerprint density at radius 3 is 2.70 bits per heavy atom. The summed E-state index contributed by atoms with van der Waals surface area (Å²) in [6.07, 6.45) is 5.42. The first-order valence-electron chi connectivity index (χ1n) is 7.64. The monoisotopic (exact) mass is 278 g/mol. The Balaban J connectivity index is 2.03. The van der Waals surface area contributed by atoms with E-state index in [1.807, 2.05) is 6.92 Å². The molecular formula is C15H26N4O. The van der Waals surface area contributed by atoms with E-state index < -0.39 is 0 Å². The molecule has 2 rings (SSSR count). The highest BCUT2D eigenvalue weighted by Crippen LogP contribution is 2.39. The minimum atomic E-state index is 0.241. The van der Waals surface area contributed by atoms with E-state index in [9.17, 15) is 0 Å². The van der Waals surface area contributed by atoms with Crippen molar-refractivity contribution in [2.24, 2.45) is 5.92 Å². The third kappa shape index (κ3) is 3.82. The summed E-state index contributed by atoms with van der Waals surface area (Å²) in [6, 6.07) is 0. The number of anilines is 2. The van der Waals surface area contributed by atoms with Crippen LogP contribution in [0.5, 0.6) is 0 Å². The fraction of sp³-hybridized carbons (Fsp3) is 0.733. The molecule has 1 fully saturated rings. The molecule has 0 aromatic carbocycles. The first-order valence-corrected chi connectivity index (χ1v) is 7.64. The van der Waals surface area contributed by atoms with Gasteiger partial charge >= 0.3 is 0 Å². The number of hydrogen-bond donors (Lipinski definition) is 3. The average molecular weight is 278 g/mol. The van der Waals surface area contributed by atoms with Gasteiger partial charge in [0.2, 0.25) is 0 Å². The second-order valence-corrected chi connectivity index (χ2v) is 5.76. The molecule has 1 aromatic heterocycles. The van der Waals surface area contributed by atoms with Gasteiger partial charge in [-0.05, 0) is 38.5 Å². The topological polar surface area (TPSA) is 84.1 Å². The van der Waals surface area contributed by atoms with Gasteiger partial charge in [-0.25, -0.2) is 9.97 Å². The predicted octanol–water partition coefficient (Wildman–Crippen LogP) is 2.46. The quantitative estimate of drug-likeness (QED) is 0.680. The van der Waals surface area contributed by atoms with E-state index in [4.69, 9.17) is 10.8 Å². The lowest BCUT2D eigenvalue weighted by Gasteiger charge is -2.18. The molecule has 1 atom stereocenters. The van der Waals surface area contributed by atoms with Gasteiger partial charge in [0.1, 0.15) is 17.5 Å². The SMILES string of the molecule is CCCC(CCO)CNc1nc(C2CC2)nc(N)c1C. The van der Waals surface area contributed by atoms with Gasteiger partial charge in [-0.2, -0.15) is 0 Å². The van der Waals surface area contributed by atoms with Crippen LogP contribution in [0.15, 0.2) is 0 Å². The number of aliphatic hydroxyl groups excluding tert-OH is 1. The maximum Gasteiger partial charge on any atom is 0.136 e. The molecule has 1 aromatic rings. The highest BCUT2D eigenvalue weighted by atomic mass is 16.3. The molecule has 0 bridgehead atoms. The third-order valence-corrected chi connectivity index (χ3v) is 3.94. The van der Waals surface area contributed by atoms with Gasteiger partial charge in [-0.1, -0.05) is 13.3 Å². The van der Waals surface area contributed by atoms with Crippen molar-refractivity contribution in [3.05, 3.63) is 11.4 Å². The molecule has 0 saturated heterocycles. The fourth-order valence-corrected chi connectivity index (χ4v) is 2.43. The van der Waals surface area contributed by atoms with Crippen LogP contribution >= 0.6 is 0 Å². The highest BCUT2D eigenvalue weighted by molar-refractivity contribution is 5.55. The summed E-state index contributed by atoms with van der Waals surface area (Å²) in [5, 5.41) is 12.5. The number of rotatable bonds is 8. The number of nitrogen functional groups attached to an aromatic ring is 1. The maximum atomic E-state index is 9.11. The average Bonchev–Trinajstić information content (AvgIpc) is 3.25. The maximum absolute atomic E-state index is 9.11. The minimum absolute atomic E-state index is 0.241. The van der Waals surface area contributed by atoms with E-state index in [1.165, 1.54) is 12.8 Å². The molecule has 20 heavy (non-hydrogen) atoms. The van der Waals surface area contributed by atoms with Gasteiger partial charge < -0.3 is 16.2 Å². The van der Waals surface area contributed by atoms with E-state index in [2.05, 4.69) is 22.2 Å². The Morgan fingerprint density at radius 1 is 1.35 bits per heavy atom. The van der Waals surface area contributed by atoms with Crippen LogP contribution in [0.25, 0.3) is 0 Å². The lowest BCUT2D eigenvalue weighted by Crippen LogP contribution is -2.18. The van der Waals surface area contributed by atoms with E-state index in [0.717, 1.165) is 43.0 Å². The van der Waals surface area contributed by atoms with Crippen molar-refractivity contribution in [3.8, 4) is 0 Å². The summed E-state index contributed by atoms with van der Waals surface area (Å²) in [5.41, 5.74) is 6.90. The number of aromatic nitrogens is 2. The zero-order valence-electron chi connectivity index (χ0n) is 12.5. The molecule has 0 radical (unpaired) electrons. The van der Waals surface area contributed by atoms with Crippen molar-refractivity contribution in [2.75, 3.05) is 24.2 Å². The van der Waals surface area contributed by atoms with Crippen molar-refractivity contribution in [3.63, 3.8) is 0 Å². The molecule has 1 aliphatic carbocycles. The summed E-state index contributed by atoms with van der Waals surface area (Å²) in [6.45, 7) is 5.19. The Bertz CT molecular complexity index is 440. The number of nitrogens with two attached hydrogens (primary N) is 1. The van der Waals surface area contributed by atoms with Crippen molar-refractivity contribution < 1.29 is 5.11 Å². The molecular weight excluding hydrogens is 252 g/mol. The summed E-state index contributed by atoms with van der Waals surface area (Å²) < 4.78 is 0. The largest absolute Gasteiger partial charge is 0.396 e. The van der Waals surface area contributed by atoms with Gasteiger partial charge in [0, 0.05) is 24.6 Å². The van der Waals surface area contributed by atoms with E-state index in [-0.39, 0.29) is 6.61 Å². The third-order valence-electron chi connectivity index (χ3n) is 3.94. The van der Waals surface area contributed by atoms with Gasteiger partial charge in [-0.3, -0.25) is 0 Å². The Hall–Kier alpha value is -1.36. The second kappa shape index (κ2) is 6.88. The van der Waals surface area contributed by atoms with Crippen LogP contribution in [0.3, 0.4) is 0 Å². The normalized spacial score (nSPS) is 16.1. The van der Waals surface area contributed by atoms with E-state index in [0.29, 0.717) is 17.7 Å². The molecule has 0 aliphatic heterocycles. The number of nitrogens with one attached hydrogen (secondary N) is 1. The van der Waals surface area contributed by atoms with Gasteiger partial charge in [0.15, 0.2) is 0 Å². The Morgan fingerprint density at radius 2 is 2.10 bits per heavy atom. The number of hydrogen-bond acceptors (Lipinski definition) is 5. The van der Waals surface area contributed by atoms with Crippen LogP contribution in [-0.2, 0) is 0 Å². The van der Waals surface area contributed by atoms with Gasteiger partial charge in [0.05, 0.1) is 0 Å². The summed E-state index contributed by atoms with van der Waals surface area (Å²) >= 11 is 0. The Labute approximate surface area is 121 Å². The molecule has 0 spiro atoms. The second-order valence-electron chi connectivity index (χ2n) is 5.76. The zero-order chi connectivity index (χ0) is 14.5. The number of nitrogens with zero attached hydrogens (tertiary/aromatic N) is 2. The smallest absolute Gasteiger partial charge is 0.136 e. The molecule has 1 saturated carbocycles. The molecule has 0 amide bonds. The first kappa shape index (κ1) is 15.0. The van der Waals surface area contributed by atoms with Gasteiger partial charge in [-0.15, -0.1) is 0 Å². The molecule has 4 N–H and O–H groups in total. The fourth-order valence-electron chi connectivity index (χ4n) is 2.43. The predicted molar refractivity (Wildman–Crippen MR) is 81.7 cm³/mol. The summed E-state index contributed by atoms with van der Waals surface area (Å²) in [7, 11) is 0. The van der Waals surface area contributed by atoms with Crippen molar-refractivity contribution in [1.82, 2.24) is 9.97 Å². The van der Waals surface area contributed by atoms with Crippen LogP contribution in [0, 0.1) is 12.8 Å². The van der Waals surface area contributed by atoms with Gasteiger partial charge in [0.25, 0.3) is 0 Å². The molecule has 1 aliphatic rings. The Kier molecular flexibility index (Phi) is 5.17. The van der Waals surface area contributed by atoms with Crippen molar-refractivity contribution in [1.29, 1.82) is 0 Å². The lowest BCUT2D eigenvalue weighted by atomic mass is 10.0. The standard InChI is InChI=1S/C15H26N4O/c1-3-4-11(7-8-20)9-17-14-10(2)13(16)18-15(19-14)12-5-6-12/h11-12,20H,3-9H2,1-2H3,(H3,16,17,18,19). The lowest BCUT2D eigenvalue weighted by molar-refractivity contribution is 0.255. The van der Waals surface area contributed by atoms with Crippen LogP contribution in [0.2, 0.25) is 0 Å². The van der Waals surface area contributed by atoms with Crippen LogP contribution in [0.4, 0.5) is 11.6 Å². The summed E-state index contributed by atoms with van der Waals surface area (Å²) in [5.74, 6) is 3.30. The molecule has 112 valence electrons. The van der Waals surface area contributed by atoms with Crippen molar-refractivity contribution >= 4 is 11.6 Å².